The van der Waals surface area contributed by atoms with Gasteiger partial charge in [0.15, 0.2) is 11.5 Å². The van der Waals surface area contributed by atoms with Gasteiger partial charge in [-0.15, -0.1) is 0 Å². The van der Waals surface area contributed by atoms with Crippen LogP contribution in [-0.2, 0) is 6.42 Å². The Bertz CT molecular complexity index is 1370. The van der Waals surface area contributed by atoms with Crippen LogP contribution in [0.1, 0.15) is 22.5 Å². The van der Waals surface area contributed by atoms with E-state index >= 15 is 0 Å². The van der Waals surface area contributed by atoms with Gasteiger partial charge in [-0.05, 0) is 47.3 Å². The number of nitriles is 2. The van der Waals surface area contributed by atoms with Crippen molar-refractivity contribution in [2.45, 2.75) is 6.42 Å². The summed E-state index contributed by atoms with van der Waals surface area (Å²) >= 11 is 0. The maximum absolute atomic E-state index is 9.19. The van der Waals surface area contributed by atoms with Crippen LogP contribution in [0.3, 0.4) is 0 Å². The summed E-state index contributed by atoms with van der Waals surface area (Å²) in [5.74, 6) is 2.24. The van der Waals surface area contributed by atoms with E-state index in [4.69, 9.17) is 19.5 Å². The van der Waals surface area contributed by atoms with E-state index in [1.165, 1.54) is 7.11 Å². The lowest BCUT2D eigenvalue weighted by Gasteiger charge is -2.16. The summed E-state index contributed by atoms with van der Waals surface area (Å²) in [6, 6.07) is 20.3. The molecule has 0 bridgehead atoms. The minimum atomic E-state index is 0.341. The molecule has 3 aromatic carbocycles. The maximum atomic E-state index is 9.19. The van der Waals surface area contributed by atoms with Crippen molar-refractivity contribution in [2.75, 3.05) is 14.2 Å². The predicted molar refractivity (Wildman–Crippen MR) is 118 cm³/mol. The lowest BCUT2D eigenvalue weighted by molar-refractivity contribution is 0.344. The third kappa shape index (κ3) is 4.14. The summed E-state index contributed by atoms with van der Waals surface area (Å²) in [6.45, 7) is 0. The zero-order valence-corrected chi connectivity index (χ0v) is 17.5. The van der Waals surface area contributed by atoms with Crippen LogP contribution in [0, 0.1) is 22.7 Å². The van der Waals surface area contributed by atoms with Gasteiger partial charge in [-0.1, -0.05) is 12.1 Å². The molecule has 0 N–H and O–H groups in total. The molecule has 4 aromatic rings. The number of hydrogen-bond donors (Lipinski definition) is 0. The van der Waals surface area contributed by atoms with Gasteiger partial charge in [0, 0.05) is 24.1 Å². The summed E-state index contributed by atoms with van der Waals surface area (Å²) in [4.78, 5) is 8.84. The van der Waals surface area contributed by atoms with Gasteiger partial charge in [0.2, 0.25) is 11.6 Å². The lowest BCUT2D eigenvalue weighted by atomic mass is 10.1. The number of methoxy groups -OCH3 is 2. The molecule has 0 saturated heterocycles. The molecule has 0 aliphatic carbocycles. The molecule has 0 unspecified atom stereocenters. The van der Waals surface area contributed by atoms with Crippen LogP contribution in [0.15, 0.2) is 60.8 Å². The molecule has 4 rings (SSSR count). The molecule has 0 saturated carbocycles. The molecule has 1 aromatic heterocycles. The van der Waals surface area contributed by atoms with Gasteiger partial charge in [0.05, 0.1) is 37.5 Å². The topological polar surface area (TPSA) is 101 Å². The Morgan fingerprint density at radius 1 is 0.844 bits per heavy atom. The Morgan fingerprint density at radius 3 is 2.28 bits per heavy atom. The molecule has 7 nitrogen and oxygen atoms in total. The van der Waals surface area contributed by atoms with Crippen LogP contribution in [0.4, 0.5) is 0 Å². The van der Waals surface area contributed by atoms with Crippen molar-refractivity contribution in [3.8, 4) is 35.3 Å². The number of ether oxygens (including phenoxy) is 3. The van der Waals surface area contributed by atoms with E-state index in [2.05, 4.69) is 22.1 Å². The molecule has 0 radical (unpaired) electrons. The zero-order chi connectivity index (χ0) is 22.5. The van der Waals surface area contributed by atoms with Gasteiger partial charge in [-0.3, -0.25) is 0 Å². The van der Waals surface area contributed by atoms with E-state index in [9.17, 15) is 5.26 Å². The first-order chi connectivity index (χ1) is 15.6. The summed E-state index contributed by atoms with van der Waals surface area (Å²) in [5, 5.41) is 19.7. The third-order valence-corrected chi connectivity index (χ3v) is 4.90. The van der Waals surface area contributed by atoms with Crippen molar-refractivity contribution in [3.63, 3.8) is 0 Å². The van der Waals surface area contributed by atoms with Crippen LogP contribution < -0.4 is 14.2 Å². The molecule has 0 amide bonds. The van der Waals surface area contributed by atoms with E-state index in [1.54, 1.807) is 49.7 Å². The predicted octanol–water partition coefficient (Wildman–Crippen LogP) is 4.77. The number of rotatable bonds is 6. The minimum absolute atomic E-state index is 0.341. The van der Waals surface area contributed by atoms with Crippen LogP contribution in [-0.4, -0.2) is 24.2 Å². The molecule has 0 spiro atoms. The van der Waals surface area contributed by atoms with Crippen molar-refractivity contribution in [1.29, 1.82) is 10.5 Å². The van der Waals surface area contributed by atoms with Gasteiger partial charge in [-0.2, -0.15) is 15.5 Å². The molecular formula is C25H18N4O3. The van der Waals surface area contributed by atoms with Crippen LogP contribution in [0.2, 0.25) is 0 Å². The number of aromatic nitrogens is 2. The fourth-order valence-corrected chi connectivity index (χ4v) is 3.36. The Kier molecular flexibility index (Phi) is 5.83. The summed E-state index contributed by atoms with van der Waals surface area (Å²) in [7, 11) is 3.09. The minimum Gasteiger partial charge on any atom is -0.493 e. The van der Waals surface area contributed by atoms with Crippen molar-refractivity contribution in [1.82, 2.24) is 9.97 Å². The van der Waals surface area contributed by atoms with Crippen LogP contribution in [0.5, 0.6) is 23.1 Å². The smallest absolute Gasteiger partial charge is 0.222 e. The highest BCUT2D eigenvalue weighted by molar-refractivity contribution is 5.94. The summed E-state index contributed by atoms with van der Waals surface area (Å²) < 4.78 is 17.3. The first-order valence-corrected chi connectivity index (χ1v) is 9.73. The number of fused-ring (bicyclic) bond motifs is 1. The van der Waals surface area contributed by atoms with Gasteiger partial charge < -0.3 is 14.2 Å². The summed E-state index contributed by atoms with van der Waals surface area (Å²) in [6.07, 6.45) is 2.12. The monoisotopic (exact) mass is 422 g/mol. The van der Waals surface area contributed by atoms with E-state index < -0.39 is 0 Å². The van der Waals surface area contributed by atoms with Gasteiger partial charge in [0.25, 0.3) is 0 Å². The first kappa shape index (κ1) is 20.6. The first-order valence-electron chi connectivity index (χ1n) is 9.73. The zero-order valence-electron chi connectivity index (χ0n) is 17.5. The largest absolute Gasteiger partial charge is 0.493 e. The Morgan fingerprint density at radius 2 is 1.59 bits per heavy atom. The van der Waals surface area contributed by atoms with Gasteiger partial charge in [0.1, 0.15) is 5.82 Å². The van der Waals surface area contributed by atoms with Crippen molar-refractivity contribution < 1.29 is 14.2 Å². The quantitative estimate of drug-likeness (QED) is 0.441. The van der Waals surface area contributed by atoms with Crippen LogP contribution >= 0.6 is 0 Å². The van der Waals surface area contributed by atoms with Crippen LogP contribution in [0.25, 0.3) is 10.8 Å². The molecule has 0 fully saturated rings. The second-order valence-corrected chi connectivity index (χ2v) is 6.89. The van der Waals surface area contributed by atoms with Crippen molar-refractivity contribution in [2.24, 2.45) is 0 Å². The molecule has 156 valence electrons. The van der Waals surface area contributed by atoms with Gasteiger partial charge >= 0.3 is 0 Å². The lowest BCUT2D eigenvalue weighted by Crippen LogP contribution is -2.00. The number of benzene rings is 3. The second kappa shape index (κ2) is 9.03. The highest BCUT2D eigenvalue weighted by Gasteiger charge is 2.19. The molecular weight excluding hydrogens is 404 g/mol. The number of nitrogens with zero attached hydrogens (tertiary/aromatic N) is 4. The fraction of sp³-hybridized carbons (Fsp3) is 0.120. The standard InChI is InChI=1S/C25H18N4O3/c1-30-21-13-19-11-18(15-27)7-8-20(19)24(31-2)25(21)32-23-9-10-28-22(29-23)12-16-3-5-17(14-26)6-4-16/h3-11,13H,12H2,1-2H3. The Hall–Kier alpha value is -4.62. The number of hydrogen-bond acceptors (Lipinski definition) is 7. The molecule has 7 heteroatoms. The van der Waals surface area contributed by atoms with E-state index in [0.29, 0.717) is 46.5 Å². The average molecular weight is 422 g/mol. The molecule has 0 aliphatic rings. The van der Waals surface area contributed by atoms with E-state index in [-0.39, 0.29) is 0 Å². The third-order valence-electron chi connectivity index (χ3n) is 4.90. The molecule has 0 aliphatic heterocycles. The fourth-order valence-electron chi connectivity index (χ4n) is 3.36. The average Bonchev–Trinajstić information content (AvgIpc) is 2.84. The second-order valence-electron chi connectivity index (χ2n) is 6.89. The molecule has 1 heterocycles. The summed E-state index contributed by atoms with van der Waals surface area (Å²) in [5.41, 5.74) is 2.12. The SMILES string of the molecule is COc1cc2cc(C#N)ccc2c(OC)c1Oc1ccnc(Cc2ccc(C#N)cc2)n1. The van der Waals surface area contributed by atoms with E-state index in [1.807, 2.05) is 18.2 Å². The van der Waals surface area contributed by atoms with Crippen molar-refractivity contribution in [3.05, 3.63) is 83.3 Å². The normalized spacial score (nSPS) is 10.2. The van der Waals surface area contributed by atoms with Gasteiger partial charge in [-0.25, -0.2) is 4.98 Å². The highest BCUT2D eigenvalue weighted by Crippen LogP contribution is 2.45. The Labute approximate surface area is 185 Å². The molecule has 0 atom stereocenters. The van der Waals surface area contributed by atoms with E-state index in [0.717, 1.165) is 16.3 Å². The molecule has 32 heavy (non-hydrogen) atoms. The maximum Gasteiger partial charge on any atom is 0.222 e. The Balaban J connectivity index is 1.69. The van der Waals surface area contributed by atoms with Crippen molar-refractivity contribution >= 4 is 10.8 Å². The highest BCUT2D eigenvalue weighted by atomic mass is 16.5.